The molecule has 0 aromatic carbocycles. The van der Waals surface area contributed by atoms with Crippen LogP contribution in [0.3, 0.4) is 0 Å². The van der Waals surface area contributed by atoms with Crippen LogP contribution in [-0.4, -0.2) is 59.7 Å². The fourth-order valence-corrected chi connectivity index (χ4v) is 3.55. The highest BCUT2D eigenvalue weighted by atomic mass is 32.1. The molecule has 1 fully saturated rings. The number of guanidine groups is 1. The standard InChI is InChI=1S/C19H30N6O2S/c1-15-23-24-18(25(15)2)13-22-19(21-9-6-17-5-3-12-28-17)20-8-4-10-27-16-7-11-26-14-16/h3,5,12,16H,4,6-11,13-14H2,1-2H3,(H2,20,21,22). The summed E-state index contributed by atoms with van der Waals surface area (Å²) in [7, 11) is 1.96. The van der Waals surface area contributed by atoms with E-state index in [-0.39, 0.29) is 6.10 Å². The Morgan fingerprint density at radius 2 is 2.29 bits per heavy atom. The maximum absolute atomic E-state index is 5.82. The molecule has 0 bridgehead atoms. The van der Waals surface area contributed by atoms with Gasteiger partial charge in [-0.25, -0.2) is 4.99 Å². The lowest BCUT2D eigenvalue weighted by molar-refractivity contribution is 0.0420. The molecule has 1 aliphatic rings. The fraction of sp³-hybridized carbons (Fsp3) is 0.632. The number of nitrogens with one attached hydrogen (secondary N) is 2. The zero-order valence-electron chi connectivity index (χ0n) is 16.7. The van der Waals surface area contributed by atoms with Gasteiger partial charge in [0.2, 0.25) is 0 Å². The van der Waals surface area contributed by atoms with Crippen LogP contribution in [0.1, 0.15) is 29.4 Å². The van der Waals surface area contributed by atoms with Gasteiger partial charge < -0.3 is 24.7 Å². The van der Waals surface area contributed by atoms with Crippen molar-refractivity contribution in [3.05, 3.63) is 34.0 Å². The summed E-state index contributed by atoms with van der Waals surface area (Å²) < 4.78 is 13.1. The number of rotatable bonds is 10. The van der Waals surface area contributed by atoms with E-state index in [2.05, 4.69) is 43.3 Å². The molecule has 0 aliphatic carbocycles. The van der Waals surface area contributed by atoms with Crippen LogP contribution < -0.4 is 10.6 Å². The van der Waals surface area contributed by atoms with Gasteiger partial charge >= 0.3 is 0 Å². The number of ether oxygens (including phenoxy) is 2. The molecule has 1 aliphatic heterocycles. The van der Waals surface area contributed by atoms with Gasteiger partial charge in [-0.1, -0.05) is 6.07 Å². The molecule has 0 saturated carbocycles. The summed E-state index contributed by atoms with van der Waals surface area (Å²) in [5, 5.41) is 17.2. The van der Waals surface area contributed by atoms with Crippen molar-refractivity contribution in [1.82, 2.24) is 25.4 Å². The van der Waals surface area contributed by atoms with E-state index in [9.17, 15) is 0 Å². The first-order valence-electron chi connectivity index (χ1n) is 9.81. The third-order valence-corrected chi connectivity index (χ3v) is 5.60. The first-order valence-corrected chi connectivity index (χ1v) is 10.7. The number of aryl methyl sites for hydroxylation is 1. The van der Waals surface area contributed by atoms with Crippen LogP contribution in [0, 0.1) is 6.92 Å². The number of aliphatic imine (C=N–C) groups is 1. The molecule has 2 aromatic rings. The molecule has 28 heavy (non-hydrogen) atoms. The van der Waals surface area contributed by atoms with E-state index < -0.39 is 0 Å². The Morgan fingerprint density at radius 3 is 3.00 bits per heavy atom. The van der Waals surface area contributed by atoms with E-state index in [0.717, 1.165) is 69.8 Å². The van der Waals surface area contributed by atoms with Gasteiger partial charge in [0.05, 0.1) is 12.7 Å². The molecule has 0 radical (unpaired) electrons. The van der Waals surface area contributed by atoms with Crippen LogP contribution in [-0.2, 0) is 29.5 Å². The number of nitrogens with zero attached hydrogens (tertiary/aromatic N) is 4. The third kappa shape index (κ3) is 6.57. The summed E-state index contributed by atoms with van der Waals surface area (Å²) in [6, 6.07) is 4.24. The van der Waals surface area contributed by atoms with Gasteiger partial charge in [0.25, 0.3) is 0 Å². The van der Waals surface area contributed by atoms with Crippen molar-refractivity contribution < 1.29 is 9.47 Å². The van der Waals surface area contributed by atoms with E-state index in [1.54, 1.807) is 11.3 Å². The Labute approximate surface area is 170 Å². The Balaban J connectivity index is 1.44. The Morgan fingerprint density at radius 1 is 1.39 bits per heavy atom. The van der Waals surface area contributed by atoms with E-state index in [0.29, 0.717) is 6.54 Å². The molecule has 2 N–H and O–H groups in total. The maximum atomic E-state index is 5.82. The number of aromatic nitrogens is 3. The Bertz CT molecular complexity index is 725. The lowest BCUT2D eigenvalue weighted by Crippen LogP contribution is -2.39. The van der Waals surface area contributed by atoms with Gasteiger partial charge in [-0.15, -0.1) is 21.5 Å². The van der Waals surface area contributed by atoms with Crippen molar-refractivity contribution in [3.8, 4) is 0 Å². The van der Waals surface area contributed by atoms with E-state index >= 15 is 0 Å². The molecule has 3 heterocycles. The van der Waals surface area contributed by atoms with Gasteiger partial charge in [0.1, 0.15) is 12.4 Å². The number of hydrogen-bond acceptors (Lipinski definition) is 6. The predicted molar refractivity (Wildman–Crippen MR) is 111 cm³/mol. The molecule has 0 amide bonds. The molecule has 0 spiro atoms. The van der Waals surface area contributed by atoms with Crippen molar-refractivity contribution in [1.29, 1.82) is 0 Å². The summed E-state index contributed by atoms with van der Waals surface area (Å²) in [5.74, 6) is 2.53. The van der Waals surface area contributed by atoms with Gasteiger partial charge in [0, 0.05) is 38.2 Å². The highest BCUT2D eigenvalue weighted by Gasteiger charge is 2.15. The number of hydrogen-bond donors (Lipinski definition) is 2. The molecule has 8 nitrogen and oxygen atoms in total. The summed E-state index contributed by atoms with van der Waals surface area (Å²) >= 11 is 1.78. The average molecular weight is 407 g/mol. The first kappa shape index (κ1) is 20.8. The van der Waals surface area contributed by atoms with Gasteiger partial charge in [-0.3, -0.25) is 0 Å². The van der Waals surface area contributed by atoms with Gasteiger partial charge in [-0.05, 0) is 37.6 Å². The smallest absolute Gasteiger partial charge is 0.191 e. The summed E-state index contributed by atoms with van der Waals surface area (Å²) in [6.07, 6.45) is 3.16. The molecular weight excluding hydrogens is 376 g/mol. The second-order valence-corrected chi connectivity index (χ2v) is 7.81. The zero-order valence-corrected chi connectivity index (χ0v) is 17.5. The molecule has 1 unspecified atom stereocenters. The lowest BCUT2D eigenvalue weighted by Gasteiger charge is -2.13. The maximum Gasteiger partial charge on any atom is 0.191 e. The molecule has 2 aromatic heterocycles. The van der Waals surface area contributed by atoms with Crippen LogP contribution >= 0.6 is 11.3 Å². The van der Waals surface area contributed by atoms with E-state index in [4.69, 9.17) is 9.47 Å². The van der Waals surface area contributed by atoms with Crippen LogP contribution in [0.4, 0.5) is 0 Å². The monoisotopic (exact) mass is 406 g/mol. The van der Waals surface area contributed by atoms with Crippen LogP contribution in [0.2, 0.25) is 0 Å². The Kier molecular flexibility index (Phi) is 8.25. The van der Waals surface area contributed by atoms with Crippen LogP contribution in [0.15, 0.2) is 22.5 Å². The predicted octanol–water partition coefficient (Wildman–Crippen LogP) is 1.66. The average Bonchev–Trinajstić information content (AvgIpc) is 3.45. The SMILES string of the molecule is Cc1nnc(CN=C(NCCCOC2CCOC2)NCCc2cccs2)n1C. The van der Waals surface area contributed by atoms with Gasteiger partial charge in [-0.2, -0.15) is 0 Å². The van der Waals surface area contributed by atoms with E-state index in [1.807, 2.05) is 18.5 Å². The van der Waals surface area contributed by atoms with Crippen molar-refractivity contribution in [2.75, 3.05) is 32.9 Å². The van der Waals surface area contributed by atoms with Crippen molar-refractivity contribution in [3.63, 3.8) is 0 Å². The number of thiophene rings is 1. The Hall–Kier alpha value is -1.97. The summed E-state index contributed by atoms with van der Waals surface area (Å²) in [5.41, 5.74) is 0. The minimum absolute atomic E-state index is 0.260. The zero-order chi connectivity index (χ0) is 19.6. The minimum atomic E-state index is 0.260. The molecule has 9 heteroatoms. The second-order valence-electron chi connectivity index (χ2n) is 6.78. The minimum Gasteiger partial charge on any atom is -0.379 e. The normalized spacial score (nSPS) is 17.2. The van der Waals surface area contributed by atoms with Crippen molar-refractivity contribution in [2.45, 2.75) is 38.8 Å². The fourth-order valence-electron chi connectivity index (χ4n) is 2.85. The molecule has 1 atom stereocenters. The molecule has 3 rings (SSSR count). The van der Waals surface area contributed by atoms with Crippen LogP contribution in [0.5, 0.6) is 0 Å². The molecular formula is C19H30N6O2S. The van der Waals surface area contributed by atoms with E-state index in [1.165, 1.54) is 4.88 Å². The van der Waals surface area contributed by atoms with Crippen molar-refractivity contribution >= 4 is 17.3 Å². The topological polar surface area (TPSA) is 85.6 Å². The quantitative estimate of drug-likeness (QED) is 0.355. The largest absolute Gasteiger partial charge is 0.379 e. The van der Waals surface area contributed by atoms with Crippen molar-refractivity contribution in [2.24, 2.45) is 12.0 Å². The first-order chi connectivity index (χ1) is 13.7. The highest BCUT2D eigenvalue weighted by Crippen LogP contribution is 2.09. The van der Waals surface area contributed by atoms with Gasteiger partial charge in [0.15, 0.2) is 11.8 Å². The summed E-state index contributed by atoms with van der Waals surface area (Å²) in [4.78, 5) is 6.04. The molecule has 1 saturated heterocycles. The third-order valence-electron chi connectivity index (χ3n) is 4.66. The second kappa shape index (κ2) is 11.1. The molecule has 154 valence electrons. The lowest BCUT2D eigenvalue weighted by atomic mass is 10.3. The summed E-state index contributed by atoms with van der Waals surface area (Å²) in [6.45, 7) is 6.33. The highest BCUT2D eigenvalue weighted by molar-refractivity contribution is 7.09. The van der Waals surface area contributed by atoms with Crippen LogP contribution in [0.25, 0.3) is 0 Å².